The number of rotatable bonds is 7. The standard InChI is InChI=1S/C22H21FN2O2S/c1-15(24-21(26)13-12-20-3-2-14-28-20)16-6-10-19(11-7-16)25-22(27)17-4-8-18(23)9-5-17/h2-11,14-15H,12-13H2,1H3,(H,24,26)(H,25,27). The molecule has 4 nitrogen and oxygen atoms in total. The number of anilines is 1. The van der Waals surface area contributed by atoms with Crippen LogP contribution in [0.15, 0.2) is 66.0 Å². The van der Waals surface area contributed by atoms with Gasteiger partial charge in [-0.3, -0.25) is 9.59 Å². The maximum absolute atomic E-state index is 12.9. The van der Waals surface area contributed by atoms with Crippen molar-refractivity contribution in [2.75, 3.05) is 5.32 Å². The molecule has 28 heavy (non-hydrogen) atoms. The molecule has 0 aliphatic carbocycles. The van der Waals surface area contributed by atoms with Crippen LogP contribution < -0.4 is 10.6 Å². The van der Waals surface area contributed by atoms with Gasteiger partial charge in [0, 0.05) is 22.5 Å². The lowest BCUT2D eigenvalue weighted by Gasteiger charge is -2.15. The Kier molecular flexibility index (Phi) is 6.55. The second-order valence-corrected chi connectivity index (χ2v) is 7.48. The van der Waals surface area contributed by atoms with E-state index in [0.717, 1.165) is 12.0 Å². The van der Waals surface area contributed by atoms with E-state index in [4.69, 9.17) is 0 Å². The van der Waals surface area contributed by atoms with Crippen molar-refractivity contribution in [3.63, 3.8) is 0 Å². The molecular formula is C22H21FN2O2S. The molecule has 1 aromatic heterocycles. The monoisotopic (exact) mass is 396 g/mol. The van der Waals surface area contributed by atoms with Crippen molar-refractivity contribution in [1.29, 1.82) is 0 Å². The van der Waals surface area contributed by atoms with Gasteiger partial charge >= 0.3 is 0 Å². The number of halogens is 1. The van der Waals surface area contributed by atoms with E-state index in [9.17, 15) is 14.0 Å². The van der Waals surface area contributed by atoms with E-state index in [1.54, 1.807) is 23.5 Å². The highest BCUT2D eigenvalue weighted by Gasteiger charge is 2.11. The molecule has 1 heterocycles. The number of carbonyl (C=O) groups is 2. The van der Waals surface area contributed by atoms with E-state index in [-0.39, 0.29) is 23.7 Å². The topological polar surface area (TPSA) is 58.2 Å². The number of hydrogen-bond donors (Lipinski definition) is 2. The zero-order valence-corrected chi connectivity index (χ0v) is 16.3. The van der Waals surface area contributed by atoms with Crippen LogP contribution in [-0.4, -0.2) is 11.8 Å². The minimum Gasteiger partial charge on any atom is -0.350 e. The molecule has 3 aromatic rings. The zero-order chi connectivity index (χ0) is 19.9. The third-order valence-electron chi connectivity index (χ3n) is 4.33. The van der Waals surface area contributed by atoms with E-state index in [1.807, 2.05) is 36.6 Å². The fourth-order valence-electron chi connectivity index (χ4n) is 2.75. The first-order valence-electron chi connectivity index (χ1n) is 9.00. The highest BCUT2D eigenvalue weighted by atomic mass is 32.1. The Bertz CT molecular complexity index is 922. The smallest absolute Gasteiger partial charge is 0.255 e. The average molecular weight is 396 g/mol. The summed E-state index contributed by atoms with van der Waals surface area (Å²) in [5.41, 5.74) is 1.97. The molecular weight excluding hydrogens is 375 g/mol. The van der Waals surface area contributed by atoms with Crippen LogP contribution >= 0.6 is 11.3 Å². The lowest BCUT2D eigenvalue weighted by Crippen LogP contribution is -2.26. The first-order chi connectivity index (χ1) is 13.5. The molecule has 0 fully saturated rings. The number of carbonyl (C=O) groups excluding carboxylic acids is 2. The number of amides is 2. The number of hydrogen-bond acceptors (Lipinski definition) is 3. The van der Waals surface area contributed by atoms with Crippen LogP contribution in [0.25, 0.3) is 0 Å². The third kappa shape index (κ3) is 5.50. The van der Waals surface area contributed by atoms with E-state index < -0.39 is 0 Å². The fourth-order valence-corrected chi connectivity index (χ4v) is 3.46. The number of thiophene rings is 1. The molecule has 3 rings (SSSR count). The summed E-state index contributed by atoms with van der Waals surface area (Å²) in [4.78, 5) is 25.5. The molecule has 2 amide bonds. The summed E-state index contributed by atoms with van der Waals surface area (Å²) in [6, 6.07) is 16.6. The molecule has 0 aliphatic rings. The second kappa shape index (κ2) is 9.28. The fraction of sp³-hybridized carbons (Fsp3) is 0.182. The van der Waals surface area contributed by atoms with E-state index >= 15 is 0 Å². The highest BCUT2D eigenvalue weighted by molar-refractivity contribution is 7.09. The zero-order valence-electron chi connectivity index (χ0n) is 15.4. The SMILES string of the molecule is CC(NC(=O)CCc1cccs1)c1ccc(NC(=O)c2ccc(F)cc2)cc1. The third-order valence-corrected chi connectivity index (χ3v) is 5.27. The van der Waals surface area contributed by atoms with Crippen molar-refractivity contribution in [3.05, 3.63) is 87.9 Å². The number of aryl methyl sites for hydroxylation is 1. The van der Waals surface area contributed by atoms with Gasteiger partial charge < -0.3 is 10.6 Å². The number of nitrogens with one attached hydrogen (secondary N) is 2. The molecule has 0 saturated carbocycles. The van der Waals surface area contributed by atoms with Gasteiger partial charge in [-0.1, -0.05) is 18.2 Å². The normalized spacial score (nSPS) is 11.6. The van der Waals surface area contributed by atoms with E-state index in [0.29, 0.717) is 17.7 Å². The van der Waals surface area contributed by atoms with Gasteiger partial charge in [-0.05, 0) is 66.8 Å². The molecule has 0 bridgehead atoms. The van der Waals surface area contributed by atoms with Gasteiger partial charge in [0.05, 0.1) is 6.04 Å². The van der Waals surface area contributed by atoms with Gasteiger partial charge in [-0.25, -0.2) is 4.39 Å². The Morgan fingerprint density at radius 2 is 1.75 bits per heavy atom. The summed E-state index contributed by atoms with van der Waals surface area (Å²) in [7, 11) is 0. The van der Waals surface area contributed by atoms with Crippen molar-refractivity contribution < 1.29 is 14.0 Å². The van der Waals surface area contributed by atoms with Crippen molar-refractivity contribution >= 4 is 28.8 Å². The summed E-state index contributed by atoms with van der Waals surface area (Å²) in [5, 5.41) is 7.77. The quantitative estimate of drug-likeness (QED) is 0.594. The van der Waals surface area contributed by atoms with Crippen LogP contribution in [0.1, 0.15) is 40.2 Å². The van der Waals surface area contributed by atoms with Gasteiger partial charge in [0.2, 0.25) is 5.91 Å². The second-order valence-electron chi connectivity index (χ2n) is 6.45. The van der Waals surface area contributed by atoms with Crippen molar-refractivity contribution in [2.24, 2.45) is 0 Å². The predicted molar refractivity (Wildman–Crippen MR) is 110 cm³/mol. The van der Waals surface area contributed by atoms with Crippen LogP contribution in [0.3, 0.4) is 0 Å². The lowest BCUT2D eigenvalue weighted by molar-refractivity contribution is -0.121. The van der Waals surface area contributed by atoms with Crippen LogP contribution in [0, 0.1) is 5.82 Å². The predicted octanol–water partition coefficient (Wildman–Crippen LogP) is 4.95. The minimum absolute atomic E-state index is 0.00888. The van der Waals surface area contributed by atoms with Crippen LogP contribution in [0.4, 0.5) is 10.1 Å². The summed E-state index contributed by atoms with van der Waals surface area (Å²) < 4.78 is 12.9. The molecule has 0 aliphatic heterocycles. The summed E-state index contributed by atoms with van der Waals surface area (Å²) in [5.74, 6) is -0.676. The Morgan fingerprint density at radius 1 is 1.04 bits per heavy atom. The first-order valence-corrected chi connectivity index (χ1v) is 9.88. The summed E-state index contributed by atoms with van der Waals surface area (Å²) in [6.45, 7) is 1.93. The van der Waals surface area contributed by atoms with Crippen LogP contribution in [0.5, 0.6) is 0 Å². The van der Waals surface area contributed by atoms with Crippen molar-refractivity contribution in [2.45, 2.75) is 25.8 Å². The summed E-state index contributed by atoms with van der Waals surface area (Å²) >= 11 is 1.65. The Labute approximate surface area is 167 Å². The van der Waals surface area contributed by atoms with Gasteiger partial charge in [0.25, 0.3) is 5.91 Å². The van der Waals surface area contributed by atoms with Gasteiger partial charge in [-0.2, -0.15) is 0 Å². The molecule has 2 aromatic carbocycles. The molecule has 0 radical (unpaired) electrons. The molecule has 6 heteroatoms. The maximum Gasteiger partial charge on any atom is 0.255 e. The Morgan fingerprint density at radius 3 is 2.39 bits per heavy atom. The maximum atomic E-state index is 12.9. The Hall–Kier alpha value is -2.99. The highest BCUT2D eigenvalue weighted by Crippen LogP contribution is 2.18. The molecule has 2 N–H and O–H groups in total. The van der Waals surface area contributed by atoms with Gasteiger partial charge in [0.1, 0.15) is 5.82 Å². The Balaban J connectivity index is 1.52. The molecule has 1 atom stereocenters. The van der Waals surface area contributed by atoms with E-state index in [2.05, 4.69) is 10.6 Å². The number of benzene rings is 2. The van der Waals surface area contributed by atoms with Crippen molar-refractivity contribution in [3.8, 4) is 0 Å². The summed E-state index contributed by atoms with van der Waals surface area (Å²) in [6.07, 6.45) is 1.20. The van der Waals surface area contributed by atoms with Crippen LogP contribution in [0.2, 0.25) is 0 Å². The minimum atomic E-state index is -0.382. The van der Waals surface area contributed by atoms with E-state index in [1.165, 1.54) is 29.1 Å². The van der Waals surface area contributed by atoms with Gasteiger partial charge in [0.15, 0.2) is 0 Å². The molecule has 144 valence electrons. The van der Waals surface area contributed by atoms with Gasteiger partial charge in [-0.15, -0.1) is 11.3 Å². The lowest BCUT2D eigenvalue weighted by atomic mass is 10.1. The first kappa shape index (κ1) is 19.8. The van der Waals surface area contributed by atoms with Crippen LogP contribution in [-0.2, 0) is 11.2 Å². The largest absolute Gasteiger partial charge is 0.350 e. The molecule has 1 unspecified atom stereocenters. The molecule has 0 spiro atoms. The average Bonchev–Trinajstić information content (AvgIpc) is 3.21. The molecule has 0 saturated heterocycles. The van der Waals surface area contributed by atoms with Crippen molar-refractivity contribution in [1.82, 2.24) is 5.32 Å².